The molecule has 30 heavy (non-hydrogen) atoms. The van der Waals surface area contributed by atoms with Crippen molar-refractivity contribution in [3.05, 3.63) is 46.4 Å². The van der Waals surface area contributed by atoms with Crippen molar-refractivity contribution in [2.75, 3.05) is 0 Å². The van der Waals surface area contributed by atoms with Gasteiger partial charge in [-0.25, -0.2) is 0 Å². The Morgan fingerprint density at radius 2 is 1.97 bits per heavy atom. The van der Waals surface area contributed by atoms with Crippen LogP contribution in [-0.2, 0) is 9.59 Å². The first-order valence-electron chi connectivity index (χ1n) is 11.4. The number of hydrogen-bond donors (Lipinski definition) is 2. The molecule has 0 aromatic heterocycles. The third-order valence-electron chi connectivity index (χ3n) is 6.47. The Kier molecular flexibility index (Phi) is 8.58. The average Bonchev–Trinajstić information content (AvgIpc) is 3.35. The van der Waals surface area contributed by atoms with E-state index in [2.05, 4.69) is 13.0 Å². The first-order valence-corrected chi connectivity index (χ1v) is 12.3. The number of carboxylic acid groups (broad SMARTS) is 1. The molecular formula is C25H34O4S. The summed E-state index contributed by atoms with van der Waals surface area (Å²) in [4.78, 5) is 24.9. The van der Waals surface area contributed by atoms with Crippen LogP contribution in [0.5, 0.6) is 0 Å². The number of rotatable bonds is 11. The van der Waals surface area contributed by atoms with E-state index in [1.54, 1.807) is 0 Å². The molecule has 0 bridgehead atoms. The summed E-state index contributed by atoms with van der Waals surface area (Å²) in [6.07, 6.45) is 10.8. The van der Waals surface area contributed by atoms with Gasteiger partial charge < -0.3 is 10.2 Å². The summed E-state index contributed by atoms with van der Waals surface area (Å²) in [7, 11) is 0. The molecule has 5 heteroatoms. The molecule has 4 nitrogen and oxygen atoms in total. The molecule has 1 aliphatic heterocycles. The molecule has 2 N–H and O–H groups in total. The highest BCUT2D eigenvalue weighted by atomic mass is 32.2. The van der Waals surface area contributed by atoms with Crippen LogP contribution in [0.2, 0.25) is 0 Å². The SMILES string of the molecule is CCCCCC(O)c1ccc(C2C(=O)CC[C@@H]2CCCC2=CCC(C(=O)O)S2)cc1. The fourth-order valence-corrected chi connectivity index (χ4v) is 5.84. The van der Waals surface area contributed by atoms with Crippen LogP contribution in [0.1, 0.15) is 94.3 Å². The maximum atomic E-state index is 12.6. The lowest BCUT2D eigenvalue weighted by atomic mass is 9.84. The summed E-state index contributed by atoms with van der Waals surface area (Å²) >= 11 is 1.48. The summed E-state index contributed by atoms with van der Waals surface area (Å²) < 4.78 is 0. The molecule has 1 fully saturated rings. The van der Waals surface area contributed by atoms with Crippen LogP contribution >= 0.6 is 11.8 Å². The van der Waals surface area contributed by atoms with Crippen LogP contribution in [0, 0.1) is 5.92 Å². The quantitative estimate of drug-likeness (QED) is 0.421. The number of ketones is 1. The second kappa shape index (κ2) is 11.1. The van der Waals surface area contributed by atoms with E-state index in [1.807, 2.05) is 24.3 Å². The zero-order valence-corrected chi connectivity index (χ0v) is 18.7. The number of benzene rings is 1. The second-order valence-corrected chi connectivity index (χ2v) is 9.99. The summed E-state index contributed by atoms with van der Waals surface area (Å²) in [5, 5.41) is 19.2. The third kappa shape index (κ3) is 5.98. The van der Waals surface area contributed by atoms with Gasteiger partial charge >= 0.3 is 5.97 Å². The molecule has 3 rings (SSSR count). The fraction of sp³-hybridized carbons (Fsp3) is 0.600. The average molecular weight is 431 g/mol. The van der Waals surface area contributed by atoms with Crippen LogP contribution < -0.4 is 0 Å². The van der Waals surface area contributed by atoms with E-state index in [9.17, 15) is 14.7 Å². The van der Waals surface area contributed by atoms with Gasteiger partial charge in [0.1, 0.15) is 11.0 Å². The highest BCUT2D eigenvalue weighted by Gasteiger charge is 2.35. The van der Waals surface area contributed by atoms with Crippen LogP contribution in [0.3, 0.4) is 0 Å². The van der Waals surface area contributed by atoms with Crippen molar-refractivity contribution in [2.45, 2.75) is 88.4 Å². The zero-order valence-electron chi connectivity index (χ0n) is 17.9. The van der Waals surface area contributed by atoms with Crippen LogP contribution in [0.4, 0.5) is 0 Å². The van der Waals surface area contributed by atoms with E-state index >= 15 is 0 Å². The Morgan fingerprint density at radius 1 is 1.20 bits per heavy atom. The lowest BCUT2D eigenvalue weighted by Crippen LogP contribution is -2.13. The maximum Gasteiger partial charge on any atom is 0.317 e. The number of hydrogen-bond acceptors (Lipinski definition) is 4. The topological polar surface area (TPSA) is 74.6 Å². The number of carboxylic acids is 1. The number of aliphatic carboxylic acids is 1. The van der Waals surface area contributed by atoms with Crippen LogP contribution in [-0.4, -0.2) is 27.2 Å². The van der Waals surface area contributed by atoms with Crippen LogP contribution in [0.25, 0.3) is 0 Å². The number of aliphatic hydroxyl groups is 1. The number of aliphatic hydroxyl groups excluding tert-OH is 1. The summed E-state index contributed by atoms with van der Waals surface area (Å²) in [6, 6.07) is 8.04. The molecule has 1 aliphatic carbocycles. The Morgan fingerprint density at radius 3 is 2.63 bits per heavy atom. The van der Waals surface area contributed by atoms with E-state index in [0.29, 0.717) is 24.5 Å². The molecule has 3 unspecified atom stereocenters. The van der Waals surface area contributed by atoms with Gasteiger partial charge in [-0.05, 0) is 60.5 Å². The van der Waals surface area contributed by atoms with E-state index in [4.69, 9.17) is 5.11 Å². The Balaban J connectivity index is 1.52. The second-order valence-electron chi connectivity index (χ2n) is 8.66. The number of thioether (sulfide) groups is 1. The Hall–Kier alpha value is -1.59. The molecule has 2 aliphatic rings. The molecule has 0 saturated heterocycles. The number of carbonyl (C=O) groups is 2. The highest BCUT2D eigenvalue weighted by molar-refractivity contribution is 8.04. The van der Waals surface area contributed by atoms with Gasteiger partial charge in [-0.3, -0.25) is 9.59 Å². The van der Waals surface area contributed by atoms with Gasteiger partial charge in [-0.1, -0.05) is 56.5 Å². The van der Waals surface area contributed by atoms with Crippen molar-refractivity contribution in [3.63, 3.8) is 0 Å². The zero-order chi connectivity index (χ0) is 21.5. The smallest absolute Gasteiger partial charge is 0.317 e. The number of allylic oxidation sites excluding steroid dienone is 2. The normalized spacial score (nSPS) is 24.8. The van der Waals surface area contributed by atoms with Gasteiger partial charge in [0.05, 0.1) is 6.10 Å². The van der Waals surface area contributed by atoms with E-state index in [-0.39, 0.29) is 11.2 Å². The monoisotopic (exact) mass is 430 g/mol. The van der Waals surface area contributed by atoms with E-state index in [1.165, 1.54) is 16.7 Å². The molecule has 0 spiro atoms. The van der Waals surface area contributed by atoms with Gasteiger partial charge in [-0.15, -0.1) is 11.8 Å². The van der Waals surface area contributed by atoms with Crippen LogP contribution in [0.15, 0.2) is 35.2 Å². The van der Waals surface area contributed by atoms with Crippen molar-refractivity contribution in [2.24, 2.45) is 5.92 Å². The van der Waals surface area contributed by atoms with Gasteiger partial charge in [-0.2, -0.15) is 0 Å². The Labute approximate surface area is 184 Å². The molecular weight excluding hydrogens is 396 g/mol. The lowest BCUT2D eigenvalue weighted by Gasteiger charge is -2.20. The van der Waals surface area contributed by atoms with Gasteiger partial charge in [0.2, 0.25) is 0 Å². The van der Waals surface area contributed by atoms with Gasteiger partial charge in [0.25, 0.3) is 0 Å². The summed E-state index contributed by atoms with van der Waals surface area (Å²) in [5.41, 5.74) is 2.02. The highest BCUT2D eigenvalue weighted by Crippen LogP contribution is 2.42. The standard InChI is InChI=1S/C25H34O4S/c1-2-3-4-8-21(26)17-9-11-19(12-10-17)24-18(13-15-22(24)27)6-5-7-20-14-16-23(30-20)25(28)29/h9-12,14,18,21,23-24,26H,2-8,13,15-16H2,1H3,(H,28,29)/t18-,21?,23?,24?/m0/s1. The fourth-order valence-electron chi connectivity index (χ4n) is 4.73. The first-order chi connectivity index (χ1) is 14.5. The van der Waals surface area contributed by atoms with Crippen molar-refractivity contribution in [3.8, 4) is 0 Å². The molecule has 164 valence electrons. The molecule has 0 amide bonds. The molecule has 1 aromatic carbocycles. The summed E-state index contributed by atoms with van der Waals surface area (Å²) in [5.74, 6) is -0.0726. The van der Waals surface area contributed by atoms with Gasteiger partial charge in [0, 0.05) is 12.3 Å². The number of unbranched alkanes of at least 4 members (excludes halogenated alkanes) is 2. The molecule has 1 aromatic rings. The third-order valence-corrected chi connectivity index (χ3v) is 7.82. The minimum Gasteiger partial charge on any atom is -0.480 e. The van der Waals surface area contributed by atoms with Crippen molar-refractivity contribution >= 4 is 23.5 Å². The largest absolute Gasteiger partial charge is 0.480 e. The predicted molar refractivity (Wildman–Crippen MR) is 122 cm³/mol. The number of carbonyl (C=O) groups excluding carboxylic acids is 1. The summed E-state index contributed by atoms with van der Waals surface area (Å²) in [6.45, 7) is 2.16. The molecule has 1 saturated carbocycles. The van der Waals surface area contributed by atoms with Crippen molar-refractivity contribution in [1.82, 2.24) is 0 Å². The van der Waals surface area contributed by atoms with E-state index < -0.39 is 12.1 Å². The maximum absolute atomic E-state index is 12.6. The number of Topliss-reactive ketones (excluding diaryl/α,β-unsaturated/α-hetero) is 1. The lowest BCUT2D eigenvalue weighted by molar-refractivity contribution is -0.136. The van der Waals surface area contributed by atoms with E-state index in [0.717, 1.165) is 62.5 Å². The van der Waals surface area contributed by atoms with Crippen molar-refractivity contribution < 1.29 is 19.8 Å². The predicted octanol–water partition coefficient (Wildman–Crippen LogP) is 6.01. The minimum absolute atomic E-state index is 0.0340. The van der Waals surface area contributed by atoms with Gasteiger partial charge in [0.15, 0.2) is 0 Å². The van der Waals surface area contributed by atoms with Crippen molar-refractivity contribution in [1.29, 1.82) is 0 Å². The first kappa shape index (κ1) is 23.1. The molecule has 4 atom stereocenters. The molecule has 0 radical (unpaired) electrons. The molecule has 1 heterocycles. The Bertz CT molecular complexity index is 755. The minimum atomic E-state index is -0.730.